The van der Waals surface area contributed by atoms with Crippen LogP contribution in [0, 0.1) is 6.92 Å². The van der Waals surface area contributed by atoms with Crippen molar-refractivity contribution in [1.82, 2.24) is 9.21 Å². The summed E-state index contributed by atoms with van der Waals surface area (Å²) in [5, 5.41) is 3.23. The molecular formula is C16H24ClN3O4S. The lowest BCUT2D eigenvalue weighted by Crippen LogP contribution is -2.45. The van der Waals surface area contributed by atoms with Crippen LogP contribution in [-0.4, -0.2) is 75.7 Å². The van der Waals surface area contributed by atoms with Gasteiger partial charge >= 0.3 is 0 Å². The van der Waals surface area contributed by atoms with Crippen molar-refractivity contribution in [3.63, 3.8) is 0 Å². The highest BCUT2D eigenvalue weighted by Crippen LogP contribution is 2.19. The zero-order valence-electron chi connectivity index (χ0n) is 14.5. The minimum atomic E-state index is -3.48. The molecule has 0 atom stereocenters. The first-order valence-corrected chi connectivity index (χ1v) is 10.3. The number of nitrogens with one attached hydrogen (secondary N) is 1. The molecule has 1 aliphatic heterocycles. The van der Waals surface area contributed by atoms with Crippen molar-refractivity contribution in [2.75, 3.05) is 57.5 Å². The Morgan fingerprint density at radius 2 is 2.04 bits per heavy atom. The first-order chi connectivity index (χ1) is 11.8. The van der Waals surface area contributed by atoms with Crippen LogP contribution in [0.3, 0.4) is 0 Å². The molecule has 1 amide bonds. The van der Waals surface area contributed by atoms with E-state index in [1.807, 2.05) is 6.92 Å². The highest BCUT2D eigenvalue weighted by atomic mass is 35.5. The van der Waals surface area contributed by atoms with Crippen molar-refractivity contribution in [2.45, 2.75) is 6.92 Å². The van der Waals surface area contributed by atoms with Gasteiger partial charge in [-0.05, 0) is 24.6 Å². The average molecular weight is 390 g/mol. The number of hydrogen-bond acceptors (Lipinski definition) is 5. The highest BCUT2D eigenvalue weighted by Gasteiger charge is 2.22. The standard InChI is InChI=1S/C16H24ClN3O4S/c1-13-3-4-14(11-15(13)17)18-16(21)12-20(25(2,22)23)6-5-19-7-9-24-10-8-19/h3-4,11H,5-10,12H2,1-2H3,(H,18,21). The number of amides is 1. The van der Waals surface area contributed by atoms with E-state index in [-0.39, 0.29) is 13.1 Å². The van der Waals surface area contributed by atoms with Gasteiger partial charge in [-0.3, -0.25) is 9.69 Å². The Morgan fingerprint density at radius 1 is 1.36 bits per heavy atom. The van der Waals surface area contributed by atoms with Crippen molar-refractivity contribution in [2.24, 2.45) is 0 Å². The fourth-order valence-electron chi connectivity index (χ4n) is 2.47. The number of morpholine rings is 1. The Labute approximate surface area is 153 Å². The summed E-state index contributed by atoms with van der Waals surface area (Å²) in [6.45, 7) is 5.30. The molecule has 1 aliphatic rings. The molecule has 1 heterocycles. The van der Waals surface area contributed by atoms with Crippen LogP contribution in [0.15, 0.2) is 18.2 Å². The average Bonchev–Trinajstić information content (AvgIpc) is 2.55. The molecule has 9 heteroatoms. The van der Waals surface area contributed by atoms with E-state index in [1.54, 1.807) is 18.2 Å². The monoisotopic (exact) mass is 389 g/mol. The molecule has 140 valence electrons. The zero-order chi connectivity index (χ0) is 18.4. The van der Waals surface area contributed by atoms with Gasteiger partial charge in [-0.25, -0.2) is 8.42 Å². The smallest absolute Gasteiger partial charge is 0.239 e. The third-order valence-electron chi connectivity index (χ3n) is 4.01. The second-order valence-electron chi connectivity index (χ2n) is 6.06. The molecule has 0 saturated carbocycles. The van der Waals surface area contributed by atoms with Crippen LogP contribution in [-0.2, 0) is 19.6 Å². The topological polar surface area (TPSA) is 79.0 Å². The maximum absolute atomic E-state index is 12.2. The number of aryl methyl sites for hydroxylation is 1. The van der Waals surface area contributed by atoms with Gasteiger partial charge in [0.05, 0.1) is 26.0 Å². The molecule has 1 saturated heterocycles. The van der Waals surface area contributed by atoms with E-state index in [4.69, 9.17) is 16.3 Å². The lowest BCUT2D eigenvalue weighted by Gasteiger charge is -2.29. The number of rotatable bonds is 7. The van der Waals surface area contributed by atoms with Crippen LogP contribution in [0.25, 0.3) is 0 Å². The molecule has 0 unspecified atom stereocenters. The van der Waals surface area contributed by atoms with Gasteiger partial charge in [-0.1, -0.05) is 17.7 Å². The largest absolute Gasteiger partial charge is 0.379 e. The Hall–Kier alpha value is -1.19. The number of hydrogen-bond donors (Lipinski definition) is 1. The second kappa shape index (κ2) is 8.95. The maximum atomic E-state index is 12.2. The first kappa shape index (κ1) is 20.1. The van der Waals surface area contributed by atoms with Gasteiger partial charge in [-0.2, -0.15) is 4.31 Å². The molecule has 0 aromatic heterocycles. The number of carbonyl (C=O) groups excluding carboxylic acids is 1. The number of halogens is 1. The van der Waals surface area contributed by atoms with Gasteiger partial charge in [0.1, 0.15) is 0 Å². The molecular weight excluding hydrogens is 366 g/mol. The predicted octanol–water partition coefficient (Wildman–Crippen LogP) is 1.18. The summed E-state index contributed by atoms with van der Waals surface area (Å²) >= 11 is 6.04. The van der Waals surface area contributed by atoms with Crippen molar-refractivity contribution >= 4 is 33.2 Å². The summed E-state index contributed by atoms with van der Waals surface area (Å²) in [4.78, 5) is 14.3. The first-order valence-electron chi connectivity index (χ1n) is 8.07. The Morgan fingerprint density at radius 3 is 2.64 bits per heavy atom. The van der Waals surface area contributed by atoms with Gasteiger partial charge < -0.3 is 10.1 Å². The molecule has 0 bridgehead atoms. The van der Waals surface area contributed by atoms with Gasteiger partial charge in [-0.15, -0.1) is 0 Å². The summed E-state index contributed by atoms with van der Waals surface area (Å²) in [5.41, 5.74) is 1.45. The molecule has 1 aromatic carbocycles. The summed E-state index contributed by atoms with van der Waals surface area (Å²) in [5.74, 6) is -0.396. The van der Waals surface area contributed by atoms with Crippen LogP contribution in [0.2, 0.25) is 5.02 Å². The summed E-state index contributed by atoms with van der Waals surface area (Å²) in [7, 11) is -3.48. The van der Waals surface area contributed by atoms with Crippen LogP contribution in [0.1, 0.15) is 5.56 Å². The molecule has 2 rings (SSSR count). The van der Waals surface area contributed by atoms with Gasteiger partial charge in [0, 0.05) is 36.9 Å². The van der Waals surface area contributed by atoms with E-state index in [0.717, 1.165) is 24.9 Å². The molecule has 1 aromatic rings. The van der Waals surface area contributed by atoms with Crippen LogP contribution in [0.4, 0.5) is 5.69 Å². The maximum Gasteiger partial charge on any atom is 0.239 e. The SMILES string of the molecule is Cc1ccc(NC(=O)CN(CCN2CCOCC2)S(C)(=O)=O)cc1Cl. The van der Waals surface area contributed by atoms with Gasteiger partial charge in [0.2, 0.25) is 15.9 Å². The highest BCUT2D eigenvalue weighted by molar-refractivity contribution is 7.88. The third-order valence-corrected chi connectivity index (χ3v) is 5.67. The second-order valence-corrected chi connectivity index (χ2v) is 8.45. The lowest BCUT2D eigenvalue weighted by atomic mass is 10.2. The van der Waals surface area contributed by atoms with Crippen molar-refractivity contribution in [3.05, 3.63) is 28.8 Å². The molecule has 1 N–H and O–H groups in total. The molecule has 0 spiro atoms. The van der Waals surface area contributed by atoms with E-state index in [0.29, 0.717) is 30.5 Å². The lowest BCUT2D eigenvalue weighted by molar-refractivity contribution is -0.116. The van der Waals surface area contributed by atoms with Gasteiger partial charge in [0.15, 0.2) is 0 Å². The summed E-state index contributed by atoms with van der Waals surface area (Å²) in [6.07, 6.45) is 1.11. The van der Waals surface area contributed by atoms with E-state index in [9.17, 15) is 13.2 Å². The van der Waals surface area contributed by atoms with E-state index >= 15 is 0 Å². The van der Waals surface area contributed by atoms with E-state index < -0.39 is 15.9 Å². The molecule has 0 radical (unpaired) electrons. The molecule has 7 nitrogen and oxygen atoms in total. The Kier molecular flexibility index (Phi) is 7.21. The minimum absolute atomic E-state index is 0.228. The predicted molar refractivity (Wildman–Crippen MR) is 98.5 cm³/mol. The Balaban J connectivity index is 1.93. The number of nitrogens with zero attached hydrogens (tertiary/aromatic N) is 2. The quantitative estimate of drug-likeness (QED) is 0.757. The van der Waals surface area contributed by atoms with Crippen molar-refractivity contribution in [1.29, 1.82) is 0 Å². The normalized spacial score (nSPS) is 16.2. The fraction of sp³-hybridized carbons (Fsp3) is 0.562. The van der Waals surface area contributed by atoms with Crippen LogP contribution >= 0.6 is 11.6 Å². The molecule has 1 fully saturated rings. The van der Waals surface area contributed by atoms with Crippen LogP contribution in [0.5, 0.6) is 0 Å². The number of sulfonamides is 1. The van der Waals surface area contributed by atoms with Crippen molar-refractivity contribution < 1.29 is 17.9 Å². The number of carbonyl (C=O) groups is 1. The third kappa shape index (κ3) is 6.56. The molecule has 0 aliphatic carbocycles. The fourth-order valence-corrected chi connectivity index (χ4v) is 3.42. The van der Waals surface area contributed by atoms with Crippen LogP contribution < -0.4 is 5.32 Å². The summed E-state index contributed by atoms with van der Waals surface area (Å²) in [6, 6.07) is 5.18. The van der Waals surface area contributed by atoms with E-state index in [1.165, 1.54) is 4.31 Å². The number of ether oxygens (including phenoxy) is 1. The van der Waals surface area contributed by atoms with Gasteiger partial charge in [0.25, 0.3) is 0 Å². The van der Waals surface area contributed by atoms with Crippen molar-refractivity contribution in [3.8, 4) is 0 Å². The number of benzene rings is 1. The minimum Gasteiger partial charge on any atom is -0.379 e. The molecule has 25 heavy (non-hydrogen) atoms. The zero-order valence-corrected chi connectivity index (χ0v) is 16.1. The summed E-state index contributed by atoms with van der Waals surface area (Å²) < 4.78 is 30.4. The Bertz CT molecular complexity index is 705. The number of anilines is 1. The van der Waals surface area contributed by atoms with E-state index in [2.05, 4.69) is 10.2 Å².